The predicted octanol–water partition coefficient (Wildman–Crippen LogP) is 3.74. The fourth-order valence-corrected chi connectivity index (χ4v) is 4.50. The van der Waals surface area contributed by atoms with E-state index in [1.807, 2.05) is 20.8 Å². The monoisotopic (exact) mass is 393 g/mol. The Balaban J connectivity index is 1.86. The molecule has 0 radical (unpaired) electrons. The van der Waals surface area contributed by atoms with Crippen LogP contribution in [0.3, 0.4) is 0 Å². The molecule has 2 heterocycles. The van der Waals surface area contributed by atoms with Gasteiger partial charge in [-0.3, -0.25) is 4.79 Å². The van der Waals surface area contributed by atoms with E-state index in [4.69, 9.17) is 9.47 Å². The fraction of sp³-hybridized carbons (Fsp3) is 0.650. The molecule has 0 bridgehead atoms. The molecule has 0 unspecified atom stereocenters. The van der Waals surface area contributed by atoms with E-state index in [1.165, 1.54) is 11.3 Å². The lowest BCUT2D eigenvalue weighted by Crippen LogP contribution is -2.40. The van der Waals surface area contributed by atoms with Gasteiger partial charge in [0.25, 0.3) is 0 Å². The lowest BCUT2D eigenvalue weighted by molar-refractivity contribution is -0.119. The first-order valence-electron chi connectivity index (χ1n) is 9.50. The molecule has 1 amide bonds. The van der Waals surface area contributed by atoms with Crippen molar-refractivity contribution in [3.63, 3.8) is 0 Å². The number of Topliss-reactive ketones (excluding diaryl/α,β-unsaturated/α-hetero) is 1. The van der Waals surface area contributed by atoms with E-state index < -0.39 is 11.6 Å². The largest absolute Gasteiger partial charge is 0.462 e. The molecule has 0 N–H and O–H groups in total. The number of carbonyl (C=O) groups excluding carboxylic acids is 3. The first kappa shape index (κ1) is 19.9. The van der Waals surface area contributed by atoms with Crippen LogP contribution in [0.4, 0.5) is 4.79 Å². The van der Waals surface area contributed by atoms with Gasteiger partial charge in [0.15, 0.2) is 0 Å². The van der Waals surface area contributed by atoms with Gasteiger partial charge in [0, 0.05) is 34.2 Å². The Hall–Kier alpha value is -1.89. The second-order valence-electron chi connectivity index (χ2n) is 8.09. The Morgan fingerprint density at radius 3 is 2.52 bits per heavy atom. The van der Waals surface area contributed by atoms with E-state index in [9.17, 15) is 14.4 Å². The molecule has 0 spiro atoms. The van der Waals surface area contributed by atoms with Gasteiger partial charge in [0.2, 0.25) is 0 Å². The first-order valence-corrected chi connectivity index (χ1v) is 10.3. The summed E-state index contributed by atoms with van der Waals surface area (Å²) in [4.78, 5) is 40.8. The number of rotatable bonds is 5. The van der Waals surface area contributed by atoms with Crippen molar-refractivity contribution in [2.24, 2.45) is 5.92 Å². The molecule has 6 nitrogen and oxygen atoms in total. The van der Waals surface area contributed by atoms with Gasteiger partial charge in [-0.1, -0.05) is 0 Å². The molecule has 3 rings (SSSR count). The zero-order valence-electron chi connectivity index (χ0n) is 16.4. The molecular weight excluding hydrogens is 366 g/mol. The molecule has 0 aromatic carbocycles. The molecule has 1 aromatic rings. The predicted molar refractivity (Wildman–Crippen MR) is 102 cm³/mol. The maximum atomic E-state index is 12.6. The number of ketones is 1. The third kappa shape index (κ3) is 4.69. The van der Waals surface area contributed by atoms with Crippen LogP contribution in [0.25, 0.3) is 0 Å². The van der Waals surface area contributed by atoms with Crippen molar-refractivity contribution in [2.75, 3.05) is 13.2 Å². The summed E-state index contributed by atoms with van der Waals surface area (Å²) in [5, 5.41) is 0. The number of fused-ring (bicyclic) bond motifs is 1. The summed E-state index contributed by atoms with van der Waals surface area (Å²) < 4.78 is 10.7. The summed E-state index contributed by atoms with van der Waals surface area (Å²) in [6, 6.07) is 0. The number of nitrogens with zero attached hydrogens (tertiary/aromatic N) is 1. The summed E-state index contributed by atoms with van der Waals surface area (Å²) in [5.74, 6) is -0.0554. The highest BCUT2D eigenvalue weighted by Crippen LogP contribution is 2.37. The zero-order chi connectivity index (χ0) is 19.8. The first-order chi connectivity index (χ1) is 12.7. The van der Waals surface area contributed by atoms with Gasteiger partial charge in [-0.05, 0) is 47.0 Å². The maximum absolute atomic E-state index is 12.6. The van der Waals surface area contributed by atoms with E-state index >= 15 is 0 Å². The van der Waals surface area contributed by atoms with Gasteiger partial charge >= 0.3 is 12.1 Å². The SMILES string of the molecule is CCOC(=O)c1c(CC(=O)C2CC2)sc2c1CN(C(=O)OC(C)(C)C)CC2. The highest BCUT2D eigenvalue weighted by atomic mass is 32.1. The van der Waals surface area contributed by atoms with E-state index in [0.717, 1.165) is 28.2 Å². The Kier molecular flexibility index (Phi) is 5.60. The summed E-state index contributed by atoms with van der Waals surface area (Å²) in [5.41, 5.74) is 0.728. The average Bonchev–Trinajstić information content (AvgIpc) is 3.35. The summed E-state index contributed by atoms with van der Waals surface area (Å²) >= 11 is 1.52. The van der Waals surface area contributed by atoms with Gasteiger partial charge in [0.1, 0.15) is 11.4 Å². The highest BCUT2D eigenvalue weighted by molar-refractivity contribution is 7.12. The Labute approximate surface area is 163 Å². The average molecular weight is 394 g/mol. The standard InChI is InChI=1S/C20H27NO5S/c1-5-25-18(23)17-13-11-21(19(24)26-20(2,3)4)9-8-15(13)27-16(17)10-14(22)12-6-7-12/h12H,5-11H2,1-4H3. The topological polar surface area (TPSA) is 72.9 Å². The number of amides is 1. The molecule has 2 aliphatic rings. The molecule has 148 valence electrons. The third-order valence-electron chi connectivity index (χ3n) is 4.62. The molecule has 1 aliphatic heterocycles. The third-order valence-corrected chi connectivity index (χ3v) is 5.91. The van der Waals surface area contributed by atoms with Crippen LogP contribution in [0.1, 0.15) is 66.2 Å². The van der Waals surface area contributed by atoms with E-state index in [1.54, 1.807) is 11.8 Å². The number of thiophene rings is 1. The second kappa shape index (κ2) is 7.62. The summed E-state index contributed by atoms with van der Waals surface area (Å²) in [6.07, 6.45) is 2.45. The maximum Gasteiger partial charge on any atom is 0.410 e. The van der Waals surface area contributed by atoms with Gasteiger partial charge in [-0.15, -0.1) is 11.3 Å². The van der Waals surface area contributed by atoms with Crippen LogP contribution in [0.2, 0.25) is 0 Å². The molecular formula is C20H27NO5S. The van der Waals surface area contributed by atoms with Crippen LogP contribution in [0, 0.1) is 5.92 Å². The number of carbonyl (C=O) groups is 3. The van der Waals surface area contributed by atoms with Crippen molar-refractivity contribution < 1.29 is 23.9 Å². The highest BCUT2D eigenvalue weighted by Gasteiger charge is 2.35. The van der Waals surface area contributed by atoms with Crippen molar-refractivity contribution >= 4 is 29.2 Å². The normalized spacial score (nSPS) is 16.7. The Bertz CT molecular complexity index is 757. The summed E-state index contributed by atoms with van der Waals surface area (Å²) in [7, 11) is 0. The molecule has 7 heteroatoms. The number of hydrogen-bond acceptors (Lipinski definition) is 6. The zero-order valence-corrected chi connectivity index (χ0v) is 17.2. The number of ether oxygens (including phenoxy) is 2. The Morgan fingerprint density at radius 1 is 1.22 bits per heavy atom. The van der Waals surface area contributed by atoms with Crippen molar-refractivity contribution in [2.45, 2.75) is 65.5 Å². The van der Waals surface area contributed by atoms with Crippen LogP contribution in [-0.4, -0.2) is 41.5 Å². The number of hydrogen-bond donors (Lipinski definition) is 0. The quantitative estimate of drug-likeness (QED) is 0.713. The van der Waals surface area contributed by atoms with Crippen molar-refractivity contribution in [1.29, 1.82) is 0 Å². The van der Waals surface area contributed by atoms with Gasteiger partial charge in [-0.2, -0.15) is 0 Å². The molecule has 1 fully saturated rings. The van der Waals surface area contributed by atoms with Crippen LogP contribution in [-0.2, 0) is 33.7 Å². The minimum atomic E-state index is -0.572. The molecule has 1 aliphatic carbocycles. The van der Waals surface area contributed by atoms with E-state index in [-0.39, 0.29) is 30.8 Å². The minimum Gasteiger partial charge on any atom is -0.462 e. The lowest BCUT2D eigenvalue weighted by atomic mass is 10.0. The van der Waals surface area contributed by atoms with Crippen molar-refractivity contribution in [3.05, 3.63) is 20.9 Å². The molecule has 1 aromatic heterocycles. The van der Waals surface area contributed by atoms with Crippen LogP contribution < -0.4 is 0 Å². The molecule has 0 saturated heterocycles. The second-order valence-corrected chi connectivity index (χ2v) is 9.28. The minimum absolute atomic E-state index is 0.150. The fourth-order valence-electron chi connectivity index (χ4n) is 3.20. The van der Waals surface area contributed by atoms with Crippen LogP contribution in [0.15, 0.2) is 0 Å². The molecule has 27 heavy (non-hydrogen) atoms. The van der Waals surface area contributed by atoms with Crippen molar-refractivity contribution in [1.82, 2.24) is 4.90 Å². The molecule has 1 saturated carbocycles. The smallest absolute Gasteiger partial charge is 0.410 e. The van der Waals surface area contributed by atoms with E-state index in [2.05, 4.69) is 0 Å². The van der Waals surface area contributed by atoms with Crippen LogP contribution in [0.5, 0.6) is 0 Å². The van der Waals surface area contributed by atoms with E-state index in [0.29, 0.717) is 25.1 Å². The number of esters is 1. The molecule has 0 atom stereocenters. The Morgan fingerprint density at radius 2 is 1.93 bits per heavy atom. The van der Waals surface area contributed by atoms with Crippen molar-refractivity contribution in [3.8, 4) is 0 Å². The van der Waals surface area contributed by atoms with Gasteiger partial charge in [-0.25, -0.2) is 9.59 Å². The summed E-state index contributed by atoms with van der Waals surface area (Å²) in [6.45, 7) is 8.38. The van der Waals surface area contributed by atoms with Gasteiger partial charge < -0.3 is 14.4 Å². The van der Waals surface area contributed by atoms with Gasteiger partial charge in [0.05, 0.1) is 18.7 Å². The lowest BCUT2D eigenvalue weighted by Gasteiger charge is -2.30. The van der Waals surface area contributed by atoms with Crippen LogP contribution >= 0.6 is 11.3 Å².